The van der Waals surface area contributed by atoms with Crippen molar-refractivity contribution in [1.82, 2.24) is 19.5 Å². The molecule has 0 aromatic carbocycles. The molecule has 0 bridgehead atoms. The number of hydrogen-bond acceptors (Lipinski definition) is 6. The summed E-state index contributed by atoms with van der Waals surface area (Å²) in [5.74, 6) is 0.923. The largest absolute Gasteiger partial charge is 0.396 e. The molecule has 2 aliphatic rings. The number of nitrogens with zero attached hydrogens (tertiary/aromatic N) is 4. The van der Waals surface area contributed by atoms with Crippen molar-refractivity contribution >= 4 is 17.0 Å². The van der Waals surface area contributed by atoms with Gasteiger partial charge in [-0.15, -0.1) is 0 Å². The van der Waals surface area contributed by atoms with Crippen molar-refractivity contribution in [3.8, 4) is 0 Å². The topological polar surface area (TPSA) is 110 Å². The van der Waals surface area contributed by atoms with Crippen molar-refractivity contribution in [3.05, 3.63) is 12.7 Å². The second-order valence-electron chi connectivity index (χ2n) is 5.97. The molecule has 1 unspecified atom stereocenters. The lowest BCUT2D eigenvalue weighted by atomic mass is 9.92. The lowest BCUT2D eigenvalue weighted by molar-refractivity contribution is 0.112. The summed E-state index contributed by atoms with van der Waals surface area (Å²) in [5.41, 5.74) is 7.07. The first-order valence-corrected chi connectivity index (χ1v) is 6.86. The molecular weight excluding hydrogens is 258 g/mol. The van der Waals surface area contributed by atoms with Gasteiger partial charge < -0.3 is 20.5 Å². The standard InChI is InChI=1S/C13H17N5O2/c14-11-10-12(16-5-15-11)18(6-17-10)9-1-7(3-19)13(4-20)2-8(9)13/h5-9,19-20H,1-4H2,(H2,14,15,16)/t7-,8-,9+,13?/m1/s1. The van der Waals surface area contributed by atoms with Crippen LogP contribution in [-0.4, -0.2) is 42.9 Å². The Balaban J connectivity index is 1.77. The van der Waals surface area contributed by atoms with Crippen LogP contribution in [0.25, 0.3) is 11.2 Å². The minimum absolute atomic E-state index is 0.103. The Labute approximate surface area is 115 Å². The molecule has 0 amide bonds. The SMILES string of the molecule is Nc1ncnc2c1ncn2[C@H]1C[C@H](CO)C2(CO)C[C@H]12. The molecule has 4 rings (SSSR count). The van der Waals surface area contributed by atoms with Crippen LogP contribution >= 0.6 is 0 Å². The summed E-state index contributed by atoms with van der Waals surface area (Å²) < 4.78 is 2.03. The first-order chi connectivity index (χ1) is 9.71. The number of aliphatic hydroxyl groups excluding tert-OH is 2. The molecule has 0 radical (unpaired) electrons. The fourth-order valence-electron chi connectivity index (χ4n) is 4.02. The molecule has 0 spiro atoms. The van der Waals surface area contributed by atoms with Gasteiger partial charge in [0.2, 0.25) is 0 Å². The van der Waals surface area contributed by atoms with Crippen LogP contribution in [0.3, 0.4) is 0 Å². The number of rotatable bonds is 3. The van der Waals surface area contributed by atoms with Gasteiger partial charge in [0.05, 0.1) is 6.33 Å². The van der Waals surface area contributed by atoms with E-state index >= 15 is 0 Å². The van der Waals surface area contributed by atoms with Crippen LogP contribution in [0.5, 0.6) is 0 Å². The molecule has 7 heteroatoms. The van der Waals surface area contributed by atoms with Gasteiger partial charge in [-0.25, -0.2) is 15.0 Å². The molecule has 0 saturated heterocycles. The van der Waals surface area contributed by atoms with E-state index in [9.17, 15) is 10.2 Å². The maximum atomic E-state index is 9.66. The Morgan fingerprint density at radius 1 is 1.35 bits per heavy atom. The summed E-state index contributed by atoms with van der Waals surface area (Å²) in [6.45, 7) is 0.264. The molecule has 2 saturated carbocycles. The van der Waals surface area contributed by atoms with Crippen molar-refractivity contribution in [1.29, 1.82) is 0 Å². The number of nitrogen functional groups attached to an aromatic ring is 1. The highest BCUT2D eigenvalue weighted by Gasteiger charge is 2.66. The number of imidazole rings is 1. The average Bonchev–Trinajstić information content (AvgIpc) is 2.90. The second kappa shape index (κ2) is 3.89. The summed E-state index contributed by atoms with van der Waals surface area (Å²) in [7, 11) is 0. The second-order valence-corrected chi connectivity index (χ2v) is 5.97. The lowest BCUT2D eigenvalue weighted by Gasteiger charge is -2.19. The van der Waals surface area contributed by atoms with Gasteiger partial charge in [0.25, 0.3) is 0 Å². The molecule has 2 aliphatic carbocycles. The van der Waals surface area contributed by atoms with E-state index in [1.165, 1.54) is 6.33 Å². The van der Waals surface area contributed by atoms with Crippen LogP contribution in [0.2, 0.25) is 0 Å². The monoisotopic (exact) mass is 275 g/mol. The molecule has 106 valence electrons. The zero-order valence-electron chi connectivity index (χ0n) is 11.0. The zero-order chi connectivity index (χ0) is 13.9. The number of hydrogen-bond donors (Lipinski definition) is 3. The van der Waals surface area contributed by atoms with Crippen molar-refractivity contribution in [2.24, 2.45) is 17.3 Å². The van der Waals surface area contributed by atoms with E-state index in [0.717, 1.165) is 18.5 Å². The number of anilines is 1. The molecule has 20 heavy (non-hydrogen) atoms. The van der Waals surface area contributed by atoms with E-state index < -0.39 is 0 Å². The fourth-order valence-corrected chi connectivity index (χ4v) is 4.02. The normalized spacial score (nSPS) is 35.4. The molecule has 2 heterocycles. The first kappa shape index (κ1) is 12.0. The first-order valence-electron chi connectivity index (χ1n) is 6.86. The summed E-state index contributed by atoms with van der Waals surface area (Å²) in [6, 6.07) is 0.221. The quantitative estimate of drug-likeness (QED) is 0.725. The highest BCUT2D eigenvalue weighted by molar-refractivity contribution is 5.81. The van der Waals surface area contributed by atoms with Crippen LogP contribution in [0, 0.1) is 17.3 Å². The number of fused-ring (bicyclic) bond motifs is 2. The van der Waals surface area contributed by atoms with Gasteiger partial charge >= 0.3 is 0 Å². The third-order valence-corrected chi connectivity index (χ3v) is 5.24. The van der Waals surface area contributed by atoms with E-state index in [2.05, 4.69) is 15.0 Å². The fraction of sp³-hybridized carbons (Fsp3) is 0.615. The molecular formula is C13H17N5O2. The van der Waals surface area contributed by atoms with Crippen molar-refractivity contribution in [2.45, 2.75) is 18.9 Å². The van der Waals surface area contributed by atoms with E-state index in [1.54, 1.807) is 6.33 Å². The number of aromatic nitrogens is 4. The summed E-state index contributed by atoms with van der Waals surface area (Å²) in [6.07, 6.45) is 5.00. The van der Waals surface area contributed by atoms with Crippen molar-refractivity contribution in [3.63, 3.8) is 0 Å². The lowest BCUT2D eigenvalue weighted by Crippen LogP contribution is -2.20. The van der Waals surface area contributed by atoms with Crippen LogP contribution in [-0.2, 0) is 0 Å². The highest BCUT2D eigenvalue weighted by Crippen LogP contribution is 2.70. The van der Waals surface area contributed by atoms with Crippen LogP contribution in [0.15, 0.2) is 12.7 Å². The highest BCUT2D eigenvalue weighted by atomic mass is 16.3. The van der Waals surface area contributed by atoms with Crippen LogP contribution in [0.1, 0.15) is 18.9 Å². The minimum atomic E-state index is -0.103. The summed E-state index contributed by atoms with van der Waals surface area (Å²) in [4.78, 5) is 12.5. The maximum absolute atomic E-state index is 9.66. The Morgan fingerprint density at radius 3 is 2.90 bits per heavy atom. The number of nitrogens with two attached hydrogens (primary N) is 1. The summed E-state index contributed by atoms with van der Waals surface area (Å²) in [5, 5.41) is 19.2. The third-order valence-electron chi connectivity index (χ3n) is 5.24. The molecule has 2 aromatic heterocycles. The van der Waals surface area contributed by atoms with Gasteiger partial charge in [-0.2, -0.15) is 0 Å². The van der Waals surface area contributed by atoms with Crippen LogP contribution in [0.4, 0.5) is 5.82 Å². The van der Waals surface area contributed by atoms with Gasteiger partial charge in [-0.1, -0.05) is 0 Å². The smallest absolute Gasteiger partial charge is 0.165 e. The van der Waals surface area contributed by atoms with Gasteiger partial charge in [0, 0.05) is 24.7 Å². The van der Waals surface area contributed by atoms with Crippen LogP contribution < -0.4 is 5.73 Å². The molecule has 4 N–H and O–H groups in total. The molecule has 2 aromatic rings. The molecule has 2 fully saturated rings. The number of aliphatic hydroxyl groups is 2. The average molecular weight is 275 g/mol. The van der Waals surface area contributed by atoms with E-state index in [4.69, 9.17) is 5.73 Å². The Bertz CT molecular complexity index is 672. The predicted molar refractivity (Wildman–Crippen MR) is 71.6 cm³/mol. The van der Waals surface area contributed by atoms with E-state index in [-0.39, 0.29) is 30.6 Å². The summed E-state index contributed by atoms with van der Waals surface area (Å²) >= 11 is 0. The molecule has 7 nitrogen and oxygen atoms in total. The van der Waals surface area contributed by atoms with Gasteiger partial charge in [0.1, 0.15) is 11.8 Å². The molecule has 4 atom stereocenters. The minimum Gasteiger partial charge on any atom is -0.396 e. The van der Waals surface area contributed by atoms with Gasteiger partial charge in [0.15, 0.2) is 11.5 Å². The van der Waals surface area contributed by atoms with Crippen molar-refractivity contribution in [2.75, 3.05) is 18.9 Å². The third kappa shape index (κ3) is 1.34. The Kier molecular flexibility index (Phi) is 2.34. The Morgan fingerprint density at radius 2 is 2.20 bits per heavy atom. The zero-order valence-corrected chi connectivity index (χ0v) is 11.0. The molecule has 0 aliphatic heterocycles. The predicted octanol–water partition coefficient (Wildman–Crippen LogP) is -0.0396. The van der Waals surface area contributed by atoms with Crippen molar-refractivity contribution < 1.29 is 10.2 Å². The maximum Gasteiger partial charge on any atom is 0.165 e. The van der Waals surface area contributed by atoms with Gasteiger partial charge in [-0.05, 0) is 24.7 Å². The Hall–Kier alpha value is -1.73. The van der Waals surface area contributed by atoms with Gasteiger partial charge in [-0.3, -0.25) is 0 Å². The van der Waals surface area contributed by atoms with E-state index in [0.29, 0.717) is 17.3 Å². The van der Waals surface area contributed by atoms with E-state index in [1.807, 2.05) is 4.57 Å².